The van der Waals surface area contributed by atoms with E-state index in [-0.39, 0.29) is 17.3 Å². The number of halogens is 2. The van der Waals surface area contributed by atoms with Crippen LogP contribution < -0.4 is 9.62 Å². The van der Waals surface area contributed by atoms with Gasteiger partial charge in [-0.2, -0.15) is 0 Å². The van der Waals surface area contributed by atoms with E-state index in [0.717, 1.165) is 10.7 Å². The zero-order valence-electron chi connectivity index (χ0n) is 21.5. The second-order valence-electron chi connectivity index (χ2n) is 8.80. The topological polar surface area (TPSA) is 86.8 Å². The fourth-order valence-corrected chi connectivity index (χ4v) is 5.93. The smallest absolute Gasteiger partial charge is 0.264 e. The summed E-state index contributed by atoms with van der Waals surface area (Å²) in [6.07, 6.45) is 0.721. The molecule has 1 atom stereocenters. The first-order valence-corrected chi connectivity index (χ1v) is 14.4. The van der Waals surface area contributed by atoms with Crippen LogP contribution in [0.25, 0.3) is 0 Å². The van der Waals surface area contributed by atoms with Crippen molar-refractivity contribution in [3.05, 3.63) is 94.0 Å². The summed E-state index contributed by atoms with van der Waals surface area (Å²) in [7, 11) is -4.12. The summed E-state index contributed by atoms with van der Waals surface area (Å²) in [5, 5.41) is 3.48. The maximum absolute atomic E-state index is 13.9. The Morgan fingerprint density at radius 3 is 2.13 bits per heavy atom. The molecule has 0 unspecified atom stereocenters. The van der Waals surface area contributed by atoms with E-state index in [1.54, 1.807) is 74.5 Å². The molecule has 0 fully saturated rings. The molecule has 0 spiro atoms. The van der Waals surface area contributed by atoms with E-state index in [0.29, 0.717) is 33.4 Å². The van der Waals surface area contributed by atoms with Crippen molar-refractivity contribution in [1.82, 2.24) is 10.2 Å². The SMILES string of the molecule is CCCNC(=O)[C@H](C)N(Cc1c(Cl)cccc1Cl)C(=O)CN(c1ccccc1C)S(=O)(=O)c1ccccc1. The maximum Gasteiger partial charge on any atom is 0.264 e. The van der Waals surface area contributed by atoms with Crippen molar-refractivity contribution in [2.75, 3.05) is 17.4 Å². The molecule has 0 bridgehead atoms. The van der Waals surface area contributed by atoms with Gasteiger partial charge in [-0.3, -0.25) is 13.9 Å². The fraction of sp³-hybridized carbons (Fsp3) is 0.286. The van der Waals surface area contributed by atoms with Crippen molar-refractivity contribution in [3.63, 3.8) is 0 Å². The van der Waals surface area contributed by atoms with Gasteiger partial charge in [-0.05, 0) is 56.2 Å². The molecule has 7 nitrogen and oxygen atoms in total. The molecular formula is C28H31Cl2N3O4S. The molecule has 1 N–H and O–H groups in total. The molecule has 3 aromatic rings. The minimum Gasteiger partial charge on any atom is -0.354 e. The van der Waals surface area contributed by atoms with Crippen molar-refractivity contribution >= 4 is 50.7 Å². The van der Waals surface area contributed by atoms with Crippen LogP contribution in [0.1, 0.15) is 31.4 Å². The lowest BCUT2D eigenvalue weighted by Gasteiger charge is -2.32. The lowest BCUT2D eigenvalue weighted by Crippen LogP contribution is -2.51. The molecule has 202 valence electrons. The van der Waals surface area contributed by atoms with E-state index in [2.05, 4.69) is 5.32 Å². The number of para-hydroxylation sites is 1. The number of sulfonamides is 1. The Morgan fingerprint density at radius 1 is 0.921 bits per heavy atom. The lowest BCUT2D eigenvalue weighted by molar-refractivity contribution is -0.139. The Labute approximate surface area is 234 Å². The summed E-state index contributed by atoms with van der Waals surface area (Å²) in [6, 6.07) is 18.9. The minimum absolute atomic E-state index is 0.0467. The third-order valence-corrected chi connectivity index (χ3v) is 8.58. The van der Waals surface area contributed by atoms with Crippen LogP contribution in [0, 0.1) is 6.92 Å². The second-order valence-corrected chi connectivity index (χ2v) is 11.5. The molecule has 3 aromatic carbocycles. The van der Waals surface area contributed by atoms with Crippen LogP contribution >= 0.6 is 23.2 Å². The average molecular weight is 577 g/mol. The summed E-state index contributed by atoms with van der Waals surface area (Å²) in [4.78, 5) is 28.2. The molecule has 0 saturated carbocycles. The number of carbonyl (C=O) groups excluding carboxylic acids is 2. The molecule has 0 aliphatic rings. The van der Waals surface area contributed by atoms with Crippen molar-refractivity contribution in [2.24, 2.45) is 0 Å². The Bertz CT molecular complexity index is 1360. The number of anilines is 1. The highest BCUT2D eigenvalue weighted by Crippen LogP contribution is 2.29. The molecule has 3 rings (SSSR count). The van der Waals surface area contributed by atoms with Crippen molar-refractivity contribution in [2.45, 2.75) is 44.7 Å². The monoisotopic (exact) mass is 575 g/mol. The molecule has 0 aliphatic heterocycles. The summed E-state index contributed by atoms with van der Waals surface area (Å²) < 4.78 is 28.7. The zero-order chi connectivity index (χ0) is 27.9. The largest absolute Gasteiger partial charge is 0.354 e. The fourth-order valence-electron chi connectivity index (χ4n) is 3.91. The second kappa shape index (κ2) is 13.1. The number of benzene rings is 3. The number of rotatable bonds is 11. The van der Waals surface area contributed by atoms with Crippen LogP contribution in [-0.4, -0.2) is 44.3 Å². The highest BCUT2D eigenvalue weighted by atomic mass is 35.5. The molecule has 38 heavy (non-hydrogen) atoms. The number of nitrogens with one attached hydrogen (secondary N) is 1. The number of hydrogen-bond donors (Lipinski definition) is 1. The molecule has 10 heteroatoms. The highest BCUT2D eigenvalue weighted by molar-refractivity contribution is 7.92. The quantitative estimate of drug-likeness (QED) is 0.330. The van der Waals surface area contributed by atoms with Crippen molar-refractivity contribution in [3.8, 4) is 0 Å². The molecule has 0 saturated heterocycles. The lowest BCUT2D eigenvalue weighted by atomic mass is 10.1. The molecule has 0 radical (unpaired) electrons. The Hall–Kier alpha value is -3.07. The summed E-state index contributed by atoms with van der Waals surface area (Å²) in [5.74, 6) is -0.945. The Balaban J connectivity index is 2.06. The van der Waals surface area contributed by atoms with E-state index in [9.17, 15) is 18.0 Å². The van der Waals surface area contributed by atoms with Crippen LogP contribution in [-0.2, 0) is 26.2 Å². The molecular weight excluding hydrogens is 545 g/mol. The summed E-state index contributed by atoms with van der Waals surface area (Å²) in [6.45, 7) is 5.12. The predicted molar refractivity (Wildman–Crippen MR) is 152 cm³/mol. The van der Waals surface area contributed by atoms with Crippen LogP contribution in [0.2, 0.25) is 10.0 Å². The van der Waals surface area contributed by atoms with Gasteiger partial charge in [-0.25, -0.2) is 8.42 Å². The van der Waals surface area contributed by atoms with Gasteiger partial charge in [0, 0.05) is 28.7 Å². The summed E-state index contributed by atoms with van der Waals surface area (Å²) >= 11 is 12.8. The standard InChI is InChI=1S/C28H31Cl2N3O4S/c1-4-17-31-28(35)21(3)32(18-23-24(29)14-10-15-25(23)30)27(34)19-33(26-16-9-8-11-20(26)2)38(36,37)22-12-6-5-7-13-22/h5-16,21H,4,17-19H2,1-3H3,(H,31,35)/t21-/m0/s1. The Kier molecular flexibility index (Phi) is 10.2. The van der Waals surface area contributed by atoms with Crippen molar-refractivity contribution in [1.29, 1.82) is 0 Å². The molecule has 0 heterocycles. The van der Waals surface area contributed by atoms with Crippen molar-refractivity contribution < 1.29 is 18.0 Å². The van der Waals surface area contributed by atoms with Gasteiger partial charge in [0.25, 0.3) is 10.0 Å². The van der Waals surface area contributed by atoms with E-state index < -0.39 is 28.5 Å². The highest BCUT2D eigenvalue weighted by Gasteiger charge is 2.33. The molecule has 0 aromatic heterocycles. The maximum atomic E-state index is 13.9. The van der Waals surface area contributed by atoms with Gasteiger partial charge in [0.05, 0.1) is 10.6 Å². The number of amides is 2. The van der Waals surface area contributed by atoms with Gasteiger partial charge in [0.1, 0.15) is 12.6 Å². The van der Waals surface area contributed by atoms with Gasteiger partial charge in [0.2, 0.25) is 11.8 Å². The molecule has 0 aliphatic carbocycles. The number of carbonyl (C=O) groups is 2. The first-order chi connectivity index (χ1) is 18.1. The van der Waals surface area contributed by atoms with Gasteiger partial charge >= 0.3 is 0 Å². The van der Waals surface area contributed by atoms with E-state index in [1.807, 2.05) is 6.92 Å². The first kappa shape index (κ1) is 29.5. The van der Waals surface area contributed by atoms with E-state index in [1.165, 1.54) is 17.0 Å². The van der Waals surface area contributed by atoms with E-state index in [4.69, 9.17) is 23.2 Å². The third-order valence-electron chi connectivity index (χ3n) is 6.10. The Morgan fingerprint density at radius 2 is 1.53 bits per heavy atom. The van der Waals surface area contributed by atoms with Gasteiger partial charge in [-0.1, -0.05) is 72.6 Å². The average Bonchev–Trinajstić information content (AvgIpc) is 2.90. The number of nitrogens with zero attached hydrogens (tertiary/aromatic N) is 2. The summed E-state index contributed by atoms with van der Waals surface area (Å²) in [5.41, 5.74) is 1.51. The van der Waals surface area contributed by atoms with Crippen LogP contribution in [0.4, 0.5) is 5.69 Å². The van der Waals surface area contributed by atoms with Crippen LogP contribution in [0.3, 0.4) is 0 Å². The predicted octanol–water partition coefficient (Wildman–Crippen LogP) is 5.44. The van der Waals surface area contributed by atoms with Gasteiger partial charge in [0.15, 0.2) is 0 Å². The number of aryl methyl sites for hydroxylation is 1. The third kappa shape index (κ3) is 6.87. The van der Waals surface area contributed by atoms with E-state index >= 15 is 0 Å². The van der Waals surface area contributed by atoms with Crippen LogP contribution in [0.15, 0.2) is 77.7 Å². The van der Waals surface area contributed by atoms with Gasteiger partial charge in [-0.15, -0.1) is 0 Å². The first-order valence-electron chi connectivity index (χ1n) is 12.2. The zero-order valence-corrected chi connectivity index (χ0v) is 23.9. The normalized spacial score (nSPS) is 12.0. The van der Waals surface area contributed by atoms with Gasteiger partial charge < -0.3 is 10.2 Å². The minimum atomic E-state index is -4.12. The van der Waals surface area contributed by atoms with Crippen LogP contribution in [0.5, 0.6) is 0 Å². The molecule has 2 amide bonds. The number of hydrogen-bond acceptors (Lipinski definition) is 4.